The predicted molar refractivity (Wildman–Crippen MR) is 73.2 cm³/mol. The van der Waals surface area contributed by atoms with Crippen LogP contribution in [0.15, 0.2) is 28.4 Å². The second-order valence-electron chi connectivity index (χ2n) is 3.73. The molecule has 2 aromatic rings. The fourth-order valence-corrected chi connectivity index (χ4v) is 2.38. The van der Waals surface area contributed by atoms with Crippen LogP contribution in [0.25, 0.3) is 10.1 Å². The lowest BCUT2D eigenvalue weighted by molar-refractivity contribution is 0.347. The zero-order valence-corrected chi connectivity index (χ0v) is 10.7. The molecule has 0 aliphatic rings. The summed E-state index contributed by atoms with van der Waals surface area (Å²) in [6.45, 7) is 1.86. The molecule has 0 spiro atoms. The van der Waals surface area contributed by atoms with E-state index in [-0.39, 0.29) is 18.6 Å². The van der Waals surface area contributed by atoms with Crippen LogP contribution >= 0.6 is 11.3 Å². The first-order valence-corrected chi connectivity index (χ1v) is 6.32. The Bertz CT molecular complexity index is 677. The number of rotatable bonds is 2. The number of fused-ring (bicyclic) bond motifs is 1. The van der Waals surface area contributed by atoms with Gasteiger partial charge in [-0.2, -0.15) is 0 Å². The summed E-state index contributed by atoms with van der Waals surface area (Å²) in [4.78, 5) is 12.1. The molecule has 0 saturated carbocycles. The van der Waals surface area contributed by atoms with E-state index in [2.05, 4.69) is 11.8 Å². The quantitative estimate of drug-likeness (QED) is 0.839. The summed E-state index contributed by atoms with van der Waals surface area (Å²) in [6.07, 6.45) is 0. The van der Waals surface area contributed by atoms with Gasteiger partial charge >= 0.3 is 0 Å². The summed E-state index contributed by atoms with van der Waals surface area (Å²) >= 11 is 1.47. The third-order valence-corrected chi connectivity index (χ3v) is 3.34. The normalized spacial score (nSPS) is 9.89. The highest BCUT2D eigenvalue weighted by atomic mass is 32.1. The molecule has 0 saturated heterocycles. The lowest BCUT2D eigenvalue weighted by Gasteiger charge is -2.03. The van der Waals surface area contributed by atoms with Crippen LogP contribution in [-0.2, 0) is 0 Å². The van der Waals surface area contributed by atoms with Gasteiger partial charge in [-0.15, -0.1) is 11.3 Å². The summed E-state index contributed by atoms with van der Waals surface area (Å²) in [5, 5.41) is 10.9. The molecule has 1 aromatic carbocycles. The zero-order valence-electron chi connectivity index (χ0n) is 9.90. The second-order valence-corrected chi connectivity index (χ2v) is 4.64. The Balaban J connectivity index is 2.35. The Morgan fingerprint density at radius 1 is 1.39 bits per heavy atom. The van der Waals surface area contributed by atoms with Gasteiger partial charge in [0.25, 0.3) is 0 Å². The van der Waals surface area contributed by atoms with Gasteiger partial charge in [-0.05, 0) is 19.1 Å². The monoisotopic (exact) mass is 260 g/mol. The van der Waals surface area contributed by atoms with Crippen molar-refractivity contribution < 1.29 is 9.84 Å². The molecule has 4 heteroatoms. The van der Waals surface area contributed by atoms with E-state index in [1.54, 1.807) is 5.38 Å². The Morgan fingerprint density at radius 3 is 3.00 bits per heavy atom. The minimum Gasteiger partial charge on any atom is -0.476 e. The summed E-state index contributed by atoms with van der Waals surface area (Å²) in [5.41, 5.74) is 0.933. The second kappa shape index (κ2) is 5.67. The fourth-order valence-electron chi connectivity index (χ4n) is 1.55. The van der Waals surface area contributed by atoms with Crippen LogP contribution in [-0.4, -0.2) is 18.3 Å². The van der Waals surface area contributed by atoms with E-state index in [4.69, 9.17) is 9.84 Å². The molecule has 0 atom stereocenters. The van der Waals surface area contributed by atoms with Crippen molar-refractivity contribution in [3.8, 4) is 17.6 Å². The first-order chi connectivity index (χ1) is 8.72. The van der Waals surface area contributed by atoms with Crippen molar-refractivity contribution in [2.45, 2.75) is 6.92 Å². The van der Waals surface area contributed by atoms with Crippen molar-refractivity contribution in [2.75, 3.05) is 13.2 Å². The Morgan fingerprint density at radius 2 is 2.22 bits per heavy atom. The summed E-state index contributed by atoms with van der Waals surface area (Å²) in [5.74, 6) is 5.39. The average Bonchev–Trinajstić information content (AvgIpc) is 2.38. The topological polar surface area (TPSA) is 46.5 Å². The van der Waals surface area contributed by atoms with Gasteiger partial charge in [0.2, 0.25) is 5.43 Å². The van der Waals surface area contributed by atoms with Crippen molar-refractivity contribution in [1.82, 2.24) is 0 Å². The van der Waals surface area contributed by atoms with Crippen molar-refractivity contribution in [1.29, 1.82) is 0 Å². The minimum atomic E-state index is -0.201. The van der Waals surface area contributed by atoms with Crippen LogP contribution in [0.3, 0.4) is 0 Å². The fraction of sp³-hybridized carbons (Fsp3) is 0.214. The molecular formula is C14H12O3S. The maximum absolute atomic E-state index is 12.1. The Hall–Kier alpha value is -1.83. The van der Waals surface area contributed by atoms with Gasteiger partial charge in [0.15, 0.2) is 5.75 Å². The molecule has 1 N–H and O–H groups in total. The van der Waals surface area contributed by atoms with E-state index in [9.17, 15) is 4.79 Å². The van der Waals surface area contributed by atoms with Crippen molar-refractivity contribution in [3.05, 3.63) is 39.4 Å². The van der Waals surface area contributed by atoms with E-state index >= 15 is 0 Å². The number of hydrogen-bond acceptors (Lipinski definition) is 4. The van der Waals surface area contributed by atoms with Crippen LogP contribution in [0.1, 0.15) is 5.56 Å². The van der Waals surface area contributed by atoms with Gasteiger partial charge in [-0.3, -0.25) is 4.79 Å². The van der Waals surface area contributed by atoms with E-state index < -0.39 is 0 Å². The number of aliphatic hydroxyl groups is 1. The minimum absolute atomic E-state index is 0.111. The SMILES string of the molecule is Cc1ccc2scc(OCC#CCO)c(=O)c2c1. The third kappa shape index (κ3) is 2.70. The smallest absolute Gasteiger partial charge is 0.229 e. The van der Waals surface area contributed by atoms with Crippen LogP contribution in [0.5, 0.6) is 5.75 Å². The molecule has 92 valence electrons. The molecule has 0 radical (unpaired) electrons. The molecule has 2 rings (SSSR count). The lowest BCUT2D eigenvalue weighted by Crippen LogP contribution is -2.07. The number of ether oxygens (including phenoxy) is 1. The molecule has 0 bridgehead atoms. The Kier molecular flexibility index (Phi) is 3.98. The summed E-state index contributed by atoms with van der Waals surface area (Å²) in [7, 11) is 0. The lowest BCUT2D eigenvalue weighted by atomic mass is 10.2. The summed E-state index contributed by atoms with van der Waals surface area (Å²) < 4.78 is 6.24. The molecule has 3 nitrogen and oxygen atoms in total. The van der Waals surface area contributed by atoms with Gasteiger partial charge in [0, 0.05) is 15.5 Å². The van der Waals surface area contributed by atoms with Crippen LogP contribution in [0.4, 0.5) is 0 Å². The van der Waals surface area contributed by atoms with Crippen molar-refractivity contribution in [2.24, 2.45) is 0 Å². The predicted octanol–water partition coefficient (Wildman–Crippen LogP) is 1.94. The molecule has 0 amide bonds. The van der Waals surface area contributed by atoms with Gasteiger partial charge in [0.1, 0.15) is 13.2 Å². The number of aliphatic hydroxyl groups excluding tert-OH is 1. The van der Waals surface area contributed by atoms with Crippen molar-refractivity contribution >= 4 is 21.4 Å². The van der Waals surface area contributed by atoms with Crippen LogP contribution in [0.2, 0.25) is 0 Å². The summed E-state index contributed by atoms with van der Waals surface area (Å²) in [6, 6.07) is 5.78. The number of benzene rings is 1. The van der Waals surface area contributed by atoms with E-state index in [1.807, 2.05) is 25.1 Å². The van der Waals surface area contributed by atoms with Crippen molar-refractivity contribution in [3.63, 3.8) is 0 Å². The van der Waals surface area contributed by atoms with E-state index in [1.165, 1.54) is 11.3 Å². The molecule has 0 aliphatic carbocycles. The Labute approximate surface area is 109 Å². The third-order valence-electron chi connectivity index (χ3n) is 2.40. The average molecular weight is 260 g/mol. The maximum atomic E-state index is 12.1. The van der Waals surface area contributed by atoms with Gasteiger partial charge in [-0.1, -0.05) is 23.5 Å². The van der Waals surface area contributed by atoms with Crippen LogP contribution in [0, 0.1) is 18.8 Å². The number of hydrogen-bond donors (Lipinski definition) is 1. The van der Waals surface area contributed by atoms with Gasteiger partial charge < -0.3 is 9.84 Å². The standard InChI is InChI=1S/C14H12O3S/c1-10-4-5-13-11(8-10)14(16)12(9-18-13)17-7-3-2-6-15/h4-5,8-9,15H,6-7H2,1H3. The molecule has 1 aromatic heterocycles. The van der Waals surface area contributed by atoms with Crippen LogP contribution < -0.4 is 10.2 Å². The number of aryl methyl sites for hydroxylation is 1. The molecular weight excluding hydrogens is 248 g/mol. The van der Waals surface area contributed by atoms with E-state index in [0.717, 1.165) is 10.3 Å². The first-order valence-electron chi connectivity index (χ1n) is 5.44. The highest BCUT2D eigenvalue weighted by molar-refractivity contribution is 7.16. The maximum Gasteiger partial charge on any atom is 0.229 e. The molecule has 1 heterocycles. The highest BCUT2D eigenvalue weighted by Crippen LogP contribution is 2.21. The highest BCUT2D eigenvalue weighted by Gasteiger charge is 2.05. The van der Waals surface area contributed by atoms with E-state index in [0.29, 0.717) is 11.1 Å². The first kappa shape index (κ1) is 12.6. The molecule has 0 fully saturated rings. The van der Waals surface area contributed by atoms with Gasteiger partial charge in [0.05, 0.1) is 0 Å². The molecule has 0 aliphatic heterocycles. The van der Waals surface area contributed by atoms with Gasteiger partial charge in [-0.25, -0.2) is 0 Å². The molecule has 18 heavy (non-hydrogen) atoms. The zero-order chi connectivity index (χ0) is 13.0. The largest absolute Gasteiger partial charge is 0.476 e. The molecule has 0 unspecified atom stereocenters.